The van der Waals surface area contributed by atoms with Crippen molar-refractivity contribution in [2.45, 2.75) is 32.6 Å². The highest BCUT2D eigenvalue weighted by Crippen LogP contribution is 2.17. The molecule has 1 aliphatic rings. The van der Waals surface area contributed by atoms with Gasteiger partial charge in [0.1, 0.15) is 0 Å². The predicted octanol–water partition coefficient (Wildman–Crippen LogP) is 1.48. The van der Waals surface area contributed by atoms with Crippen LogP contribution in [0.15, 0.2) is 12.2 Å². The largest absolute Gasteiger partial charge is 0.396 e. The first-order chi connectivity index (χ1) is 7.24. The lowest BCUT2D eigenvalue weighted by Crippen LogP contribution is -2.30. The summed E-state index contributed by atoms with van der Waals surface area (Å²) in [6, 6.07) is 0. The van der Waals surface area contributed by atoms with Crippen LogP contribution in [-0.4, -0.2) is 24.2 Å². The zero-order chi connectivity index (χ0) is 11.1. The molecule has 0 aromatic heterocycles. The molecule has 0 saturated carbocycles. The summed E-state index contributed by atoms with van der Waals surface area (Å²) < 4.78 is 0. The minimum Gasteiger partial charge on any atom is -0.396 e. The number of amides is 1. The number of carbonyl (C=O) groups excluding carboxylic acids is 1. The molecule has 0 aromatic rings. The van der Waals surface area contributed by atoms with Crippen LogP contribution in [0.3, 0.4) is 0 Å². The molecule has 86 valence electrons. The molecular formula is C12H21NO2. The SMILES string of the molecule is CC(CO)CCCNC(=O)C1CC=CC1. The first kappa shape index (κ1) is 12.2. The highest BCUT2D eigenvalue weighted by Gasteiger charge is 2.18. The van der Waals surface area contributed by atoms with Gasteiger partial charge >= 0.3 is 0 Å². The Bertz CT molecular complexity index is 218. The molecular weight excluding hydrogens is 190 g/mol. The van der Waals surface area contributed by atoms with Crippen LogP contribution in [0.4, 0.5) is 0 Å². The average Bonchev–Trinajstić information content (AvgIpc) is 2.77. The Balaban J connectivity index is 2.02. The number of nitrogens with one attached hydrogen (secondary N) is 1. The summed E-state index contributed by atoms with van der Waals surface area (Å²) in [7, 11) is 0. The maximum atomic E-state index is 11.6. The molecule has 0 aliphatic heterocycles. The maximum absolute atomic E-state index is 11.6. The van der Waals surface area contributed by atoms with Crippen molar-refractivity contribution in [1.82, 2.24) is 5.32 Å². The molecule has 1 atom stereocenters. The number of rotatable bonds is 6. The van der Waals surface area contributed by atoms with Crippen molar-refractivity contribution in [3.8, 4) is 0 Å². The lowest BCUT2D eigenvalue weighted by Gasteiger charge is -2.11. The van der Waals surface area contributed by atoms with Gasteiger partial charge in [-0.25, -0.2) is 0 Å². The highest BCUT2D eigenvalue weighted by atomic mass is 16.3. The highest BCUT2D eigenvalue weighted by molar-refractivity contribution is 5.79. The van der Waals surface area contributed by atoms with Crippen LogP contribution in [0.1, 0.15) is 32.6 Å². The van der Waals surface area contributed by atoms with Gasteiger partial charge in [-0.05, 0) is 31.6 Å². The number of aliphatic hydroxyl groups excluding tert-OH is 1. The molecule has 0 fully saturated rings. The number of hydrogen-bond donors (Lipinski definition) is 2. The summed E-state index contributed by atoms with van der Waals surface area (Å²) in [4.78, 5) is 11.6. The number of aliphatic hydroxyl groups is 1. The molecule has 3 heteroatoms. The standard InChI is InChI=1S/C12H21NO2/c1-10(9-14)5-4-8-13-12(15)11-6-2-3-7-11/h2-3,10-11,14H,4-9H2,1H3,(H,13,15). The van der Waals surface area contributed by atoms with Crippen LogP contribution >= 0.6 is 0 Å². The van der Waals surface area contributed by atoms with Gasteiger partial charge in [0.25, 0.3) is 0 Å². The Morgan fingerprint density at radius 1 is 1.53 bits per heavy atom. The first-order valence-corrected chi connectivity index (χ1v) is 5.77. The van der Waals surface area contributed by atoms with Crippen molar-refractivity contribution in [2.75, 3.05) is 13.2 Å². The topological polar surface area (TPSA) is 49.3 Å². The van der Waals surface area contributed by atoms with E-state index in [0.29, 0.717) is 5.92 Å². The van der Waals surface area contributed by atoms with Gasteiger partial charge in [-0.1, -0.05) is 19.1 Å². The van der Waals surface area contributed by atoms with Gasteiger partial charge in [0, 0.05) is 19.1 Å². The number of hydrogen-bond acceptors (Lipinski definition) is 2. The van der Waals surface area contributed by atoms with E-state index >= 15 is 0 Å². The summed E-state index contributed by atoms with van der Waals surface area (Å²) in [5, 5.41) is 11.8. The second-order valence-electron chi connectivity index (χ2n) is 4.36. The van der Waals surface area contributed by atoms with E-state index < -0.39 is 0 Å². The maximum Gasteiger partial charge on any atom is 0.223 e. The molecule has 0 bridgehead atoms. The Morgan fingerprint density at radius 2 is 2.20 bits per heavy atom. The molecule has 2 N–H and O–H groups in total. The van der Waals surface area contributed by atoms with E-state index in [1.165, 1.54) is 0 Å². The van der Waals surface area contributed by atoms with Crippen LogP contribution in [0.25, 0.3) is 0 Å². The third-order valence-electron chi connectivity index (χ3n) is 2.86. The van der Waals surface area contributed by atoms with Gasteiger partial charge in [-0.2, -0.15) is 0 Å². The van der Waals surface area contributed by atoms with Gasteiger partial charge in [0.15, 0.2) is 0 Å². The molecule has 3 nitrogen and oxygen atoms in total. The van der Waals surface area contributed by atoms with Crippen molar-refractivity contribution in [1.29, 1.82) is 0 Å². The monoisotopic (exact) mass is 211 g/mol. The average molecular weight is 211 g/mol. The molecule has 0 radical (unpaired) electrons. The van der Waals surface area contributed by atoms with E-state index in [2.05, 4.69) is 17.5 Å². The summed E-state index contributed by atoms with van der Waals surface area (Å²) >= 11 is 0. The zero-order valence-corrected chi connectivity index (χ0v) is 9.41. The molecule has 15 heavy (non-hydrogen) atoms. The third-order valence-corrected chi connectivity index (χ3v) is 2.86. The normalized spacial score (nSPS) is 18.0. The summed E-state index contributed by atoms with van der Waals surface area (Å²) in [5.41, 5.74) is 0. The second-order valence-corrected chi connectivity index (χ2v) is 4.36. The van der Waals surface area contributed by atoms with Crippen molar-refractivity contribution >= 4 is 5.91 Å². The fourth-order valence-corrected chi connectivity index (χ4v) is 1.73. The van der Waals surface area contributed by atoms with Crippen molar-refractivity contribution < 1.29 is 9.90 Å². The number of allylic oxidation sites excluding steroid dienone is 2. The predicted molar refractivity (Wildman–Crippen MR) is 60.4 cm³/mol. The van der Waals surface area contributed by atoms with E-state index in [4.69, 9.17) is 5.11 Å². The Labute approximate surface area is 91.6 Å². The molecule has 1 rings (SSSR count). The molecule has 0 heterocycles. The summed E-state index contributed by atoms with van der Waals surface area (Å²) in [6.07, 6.45) is 7.83. The van der Waals surface area contributed by atoms with Gasteiger partial charge in [-0.15, -0.1) is 0 Å². The van der Waals surface area contributed by atoms with Gasteiger partial charge < -0.3 is 10.4 Å². The minimum absolute atomic E-state index is 0.167. The fourth-order valence-electron chi connectivity index (χ4n) is 1.73. The smallest absolute Gasteiger partial charge is 0.223 e. The molecule has 0 saturated heterocycles. The van der Waals surface area contributed by atoms with Crippen LogP contribution in [0.5, 0.6) is 0 Å². The molecule has 1 unspecified atom stereocenters. The van der Waals surface area contributed by atoms with Crippen LogP contribution in [0, 0.1) is 11.8 Å². The Morgan fingerprint density at radius 3 is 2.80 bits per heavy atom. The summed E-state index contributed by atoms with van der Waals surface area (Å²) in [6.45, 7) is 2.99. The summed E-state index contributed by atoms with van der Waals surface area (Å²) in [5.74, 6) is 0.687. The van der Waals surface area contributed by atoms with Crippen molar-refractivity contribution in [2.24, 2.45) is 11.8 Å². The van der Waals surface area contributed by atoms with Crippen LogP contribution in [0.2, 0.25) is 0 Å². The molecule has 0 spiro atoms. The van der Waals surface area contributed by atoms with Crippen molar-refractivity contribution in [3.05, 3.63) is 12.2 Å². The second kappa shape index (κ2) is 6.62. The van der Waals surface area contributed by atoms with Gasteiger partial charge in [0.2, 0.25) is 5.91 Å². The van der Waals surface area contributed by atoms with E-state index in [9.17, 15) is 4.79 Å². The van der Waals surface area contributed by atoms with Gasteiger partial charge in [0.05, 0.1) is 0 Å². The minimum atomic E-state index is 0.167. The van der Waals surface area contributed by atoms with E-state index in [1.807, 2.05) is 6.92 Å². The molecule has 0 aromatic carbocycles. The zero-order valence-electron chi connectivity index (χ0n) is 9.41. The Hall–Kier alpha value is -0.830. The quantitative estimate of drug-likeness (QED) is 0.516. The lowest BCUT2D eigenvalue weighted by molar-refractivity contribution is -0.124. The van der Waals surface area contributed by atoms with E-state index in [-0.39, 0.29) is 18.4 Å². The Kier molecular flexibility index (Phi) is 5.40. The molecule has 1 amide bonds. The lowest BCUT2D eigenvalue weighted by atomic mass is 10.1. The van der Waals surface area contributed by atoms with Crippen LogP contribution in [-0.2, 0) is 4.79 Å². The van der Waals surface area contributed by atoms with Crippen LogP contribution < -0.4 is 5.32 Å². The molecule has 1 aliphatic carbocycles. The van der Waals surface area contributed by atoms with Gasteiger partial charge in [-0.3, -0.25) is 4.79 Å². The van der Waals surface area contributed by atoms with E-state index in [0.717, 1.165) is 32.2 Å². The third kappa shape index (κ3) is 4.47. The fraction of sp³-hybridized carbons (Fsp3) is 0.750. The number of carbonyl (C=O) groups is 1. The van der Waals surface area contributed by atoms with Crippen molar-refractivity contribution in [3.63, 3.8) is 0 Å². The van der Waals surface area contributed by atoms with E-state index in [1.54, 1.807) is 0 Å². The first-order valence-electron chi connectivity index (χ1n) is 5.77.